The van der Waals surface area contributed by atoms with Crippen molar-refractivity contribution < 1.29 is 28.4 Å². The fourth-order valence-corrected chi connectivity index (χ4v) is 4.04. The van der Waals surface area contributed by atoms with Gasteiger partial charge < -0.3 is 15.5 Å². The number of nitrogens with one attached hydrogen (secondary N) is 4. The Morgan fingerprint density at radius 3 is 2.43 bits per heavy atom. The number of rotatable bonds is 11. The van der Waals surface area contributed by atoms with Crippen LogP contribution in [0.25, 0.3) is 0 Å². The number of hydrogen-bond acceptors (Lipinski definition) is 6. The number of hydrogen-bond donors (Lipinski definition) is 5. The zero-order valence-electron chi connectivity index (χ0n) is 19.3. The van der Waals surface area contributed by atoms with E-state index in [1.165, 1.54) is 6.20 Å². The maximum atomic E-state index is 13.9. The second-order valence-electron chi connectivity index (χ2n) is 8.50. The fourth-order valence-electron chi connectivity index (χ4n) is 4.04. The molecule has 0 radical (unpaired) electrons. The van der Waals surface area contributed by atoms with Crippen LogP contribution in [-0.2, 0) is 4.79 Å². The Balaban J connectivity index is 1.41. The monoisotopic (exact) mass is 492 g/mol. The molecule has 10 nitrogen and oxygen atoms in total. The van der Waals surface area contributed by atoms with E-state index in [1.807, 2.05) is 0 Å². The third kappa shape index (κ3) is 7.55. The lowest BCUT2D eigenvalue weighted by Gasteiger charge is -2.32. The number of nitrogens with zero attached hydrogens (tertiary/aromatic N) is 2. The molecule has 0 saturated carbocycles. The van der Waals surface area contributed by atoms with Crippen LogP contribution in [0.1, 0.15) is 65.8 Å². The third-order valence-electron chi connectivity index (χ3n) is 5.98. The minimum atomic E-state index is -1.01. The van der Waals surface area contributed by atoms with Crippen molar-refractivity contribution in [1.29, 1.82) is 0 Å². The molecule has 3 rings (SSSR count). The van der Waals surface area contributed by atoms with Crippen molar-refractivity contribution in [2.75, 3.05) is 25.0 Å². The smallest absolute Gasteiger partial charge is 0.271 e. The number of hydroxylamine groups is 1. The summed E-state index contributed by atoms with van der Waals surface area (Å²) >= 11 is 0. The number of benzene rings is 1. The number of carbonyl (C=O) groups is 3. The van der Waals surface area contributed by atoms with Crippen molar-refractivity contribution >= 4 is 23.4 Å². The molecule has 0 unspecified atom stereocenters. The Kier molecular flexibility index (Phi) is 9.67. The average Bonchev–Trinajstić information content (AvgIpc) is 3.30. The van der Waals surface area contributed by atoms with Crippen LogP contribution in [0.15, 0.2) is 24.4 Å². The van der Waals surface area contributed by atoms with Gasteiger partial charge in [0.2, 0.25) is 5.91 Å². The summed E-state index contributed by atoms with van der Waals surface area (Å²) in [4.78, 5) is 38.4. The van der Waals surface area contributed by atoms with Crippen LogP contribution in [0.4, 0.5) is 14.5 Å². The van der Waals surface area contributed by atoms with Crippen LogP contribution < -0.4 is 16.1 Å². The standard InChI is InChI=1S/C23H30F2N6O4/c24-16-6-5-7-17(25)20(16)22(33)28-18-14-26-29-21(18)23(34)27-15-9-12-31(13-10-15)11-4-2-1-3-8-19(32)30-35/h5-7,14-15,35H,1-4,8-13H2,(H,26,29)(H,27,34)(H,28,33)(H,30,32). The quantitative estimate of drug-likeness (QED) is 0.186. The maximum Gasteiger partial charge on any atom is 0.271 e. The van der Waals surface area contributed by atoms with Crippen LogP contribution >= 0.6 is 0 Å². The van der Waals surface area contributed by atoms with Crippen molar-refractivity contribution in [2.24, 2.45) is 0 Å². The highest BCUT2D eigenvalue weighted by Gasteiger charge is 2.24. The van der Waals surface area contributed by atoms with Gasteiger partial charge in [-0.1, -0.05) is 18.9 Å². The van der Waals surface area contributed by atoms with Gasteiger partial charge in [0.1, 0.15) is 22.9 Å². The van der Waals surface area contributed by atoms with Crippen LogP contribution in [0, 0.1) is 11.6 Å². The molecule has 0 aliphatic carbocycles. The van der Waals surface area contributed by atoms with Gasteiger partial charge in [0.25, 0.3) is 11.8 Å². The number of aromatic amines is 1. The van der Waals surface area contributed by atoms with E-state index in [9.17, 15) is 23.2 Å². The zero-order chi connectivity index (χ0) is 25.2. The van der Waals surface area contributed by atoms with Gasteiger partial charge in [0.05, 0.1) is 11.9 Å². The van der Waals surface area contributed by atoms with Crippen molar-refractivity contribution in [3.8, 4) is 0 Å². The molecule has 0 spiro atoms. The number of amides is 3. The van der Waals surface area contributed by atoms with E-state index in [-0.39, 0.29) is 23.3 Å². The van der Waals surface area contributed by atoms with E-state index in [0.717, 1.165) is 76.4 Å². The minimum absolute atomic E-state index is 0.00686. The molecule has 2 heterocycles. The highest BCUT2D eigenvalue weighted by atomic mass is 19.1. The van der Waals surface area contributed by atoms with Gasteiger partial charge in [-0.2, -0.15) is 5.10 Å². The molecule has 3 amide bonds. The van der Waals surface area contributed by atoms with Crippen molar-refractivity contribution in [3.63, 3.8) is 0 Å². The minimum Gasteiger partial charge on any atom is -0.348 e. The van der Waals surface area contributed by atoms with E-state index >= 15 is 0 Å². The SMILES string of the molecule is O=C(CCCCCCN1CCC(NC(=O)c2[nH]ncc2NC(=O)c2c(F)cccc2F)CC1)NO. The average molecular weight is 493 g/mol. The fraction of sp³-hybridized carbons (Fsp3) is 0.478. The first-order valence-electron chi connectivity index (χ1n) is 11.6. The molecule has 1 aromatic carbocycles. The van der Waals surface area contributed by atoms with Gasteiger partial charge in [0.15, 0.2) is 0 Å². The highest BCUT2D eigenvalue weighted by Crippen LogP contribution is 2.18. The van der Waals surface area contributed by atoms with Crippen LogP contribution in [0.5, 0.6) is 0 Å². The van der Waals surface area contributed by atoms with E-state index in [4.69, 9.17) is 5.21 Å². The van der Waals surface area contributed by atoms with Crippen LogP contribution in [-0.4, -0.2) is 63.7 Å². The lowest BCUT2D eigenvalue weighted by atomic mass is 10.0. The first-order valence-corrected chi connectivity index (χ1v) is 11.6. The van der Waals surface area contributed by atoms with E-state index in [1.54, 1.807) is 5.48 Å². The number of likely N-dealkylation sites (tertiary alicyclic amines) is 1. The van der Waals surface area contributed by atoms with Crippen molar-refractivity contribution in [2.45, 2.75) is 51.0 Å². The molecule has 0 atom stereocenters. The molecule has 1 aromatic heterocycles. The van der Waals surface area contributed by atoms with E-state index < -0.39 is 29.0 Å². The first-order chi connectivity index (χ1) is 16.9. The van der Waals surface area contributed by atoms with E-state index in [2.05, 4.69) is 25.7 Å². The largest absolute Gasteiger partial charge is 0.348 e. The Morgan fingerprint density at radius 2 is 1.74 bits per heavy atom. The summed E-state index contributed by atoms with van der Waals surface area (Å²) in [6.07, 6.45) is 6.74. The Morgan fingerprint density at radius 1 is 1.06 bits per heavy atom. The topological polar surface area (TPSA) is 139 Å². The molecule has 35 heavy (non-hydrogen) atoms. The molecule has 2 aromatic rings. The summed E-state index contributed by atoms with van der Waals surface area (Å²) in [6.45, 7) is 2.60. The second-order valence-corrected chi connectivity index (χ2v) is 8.50. The second kappa shape index (κ2) is 12.9. The number of unbranched alkanes of at least 4 members (excludes halogenated alkanes) is 3. The van der Waals surface area contributed by atoms with Gasteiger partial charge in [-0.05, 0) is 44.4 Å². The number of aromatic nitrogens is 2. The van der Waals surface area contributed by atoms with E-state index in [0.29, 0.717) is 6.42 Å². The molecular weight excluding hydrogens is 462 g/mol. The zero-order valence-corrected chi connectivity index (χ0v) is 19.3. The van der Waals surface area contributed by atoms with Gasteiger partial charge in [-0.3, -0.25) is 24.7 Å². The molecule has 0 bridgehead atoms. The molecule has 1 fully saturated rings. The molecular formula is C23H30F2N6O4. The predicted octanol–water partition coefficient (Wildman–Crippen LogP) is 2.59. The maximum absolute atomic E-state index is 13.9. The number of H-pyrrole nitrogens is 1. The summed E-state index contributed by atoms with van der Waals surface area (Å²) in [5, 5.41) is 20.0. The van der Waals surface area contributed by atoms with Crippen molar-refractivity contribution in [1.82, 2.24) is 25.9 Å². The molecule has 1 aliphatic rings. The highest BCUT2D eigenvalue weighted by molar-refractivity contribution is 6.08. The van der Waals surface area contributed by atoms with Gasteiger partial charge >= 0.3 is 0 Å². The summed E-state index contributed by atoms with van der Waals surface area (Å²) < 4.78 is 27.7. The molecule has 1 aliphatic heterocycles. The van der Waals surface area contributed by atoms with Gasteiger partial charge in [-0.15, -0.1) is 0 Å². The summed E-state index contributed by atoms with van der Waals surface area (Å²) in [5.41, 5.74) is 0.933. The van der Waals surface area contributed by atoms with Crippen LogP contribution in [0.3, 0.4) is 0 Å². The molecule has 5 N–H and O–H groups in total. The summed E-state index contributed by atoms with van der Waals surface area (Å²) in [6, 6.07) is 3.07. The van der Waals surface area contributed by atoms with Crippen molar-refractivity contribution in [3.05, 3.63) is 47.3 Å². The summed E-state index contributed by atoms with van der Waals surface area (Å²) in [7, 11) is 0. The molecule has 1 saturated heterocycles. The Labute approximate surface area is 201 Å². The number of piperidine rings is 1. The lowest BCUT2D eigenvalue weighted by Crippen LogP contribution is -2.45. The summed E-state index contributed by atoms with van der Waals surface area (Å²) in [5.74, 6) is -3.84. The normalized spacial score (nSPS) is 14.5. The van der Waals surface area contributed by atoms with Gasteiger partial charge in [0, 0.05) is 25.6 Å². The lowest BCUT2D eigenvalue weighted by molar-refractivity contribution is -0.129. The Hall–Kier alpha value is -3.38. The number of anilines is 1. The Bertz CT molecular complexity index is 1000. The molecule has 12 heteroatoms. The van der Waals surface area contributed by atoms with Gasteiger partial charge in [-0.25, -0.2) is 14.3 Å². The predicted molar refractivity (Wildman–Crippen MR) is 123 cm³/mol. The molecule has 190 valence electrons. The first kappa shape index (κ1) is 26.2. The number of halogens is 2. The third-order valence-corrected chi connectivity index (χ3v) is 5.98. The van der Waals surface area contributed by atoms with Crippen LogP contribution in [0.2, 0.25) is 0 Å². The number of carbonyl (C=O) groups excluding carboxylic acids is 3.